The van der Waals surface area contributed by atoms with Gasteiger partial charge in [-0.25, -0.2) is 9.88 Å². The molecule has 1 aliphatic heterocycles. The van der Waals surface area contributed by atoms with E-state index in [2.05, 4.69) is 4.98 Å². The molecule has 146 valence electrons. The number of ether oxygens (including phenoxy) is 2. The molecule has 1 fully saturated rings. The molecule has 1 saturated carbocycles. The molecule has 2 heterocycles. The fourth-order valence-corrected chi connectivity index (χ4v) is 3.61. The number of aromatic nitrogens is 1. The van der Waals surface area contributed by atoms with E-state index in [1.54, 1.807) is 12.1 Å². The predicted octanol–water partition coefficient (Wildman–Crippen LogP) is 4.22. The van der Waals surface area contributed by atoms with Gasteiger partial charge in [-0.1, -0.05) is 19.9 Å². The van der Waals surface area contributed by atoms with Crippen LogP contribution in [0.4, 0.5) is 5.69 Å². The quantitative estimate of drug-likeness (QED) is 0.777. The number of benzene rings is 1. The Morgan fingerprint density at radius 1 is 1.29 bits per heavy atom. The van der Waals surface area contributed by atoms with Gasteiger partial charge in [0, 0.05) is 29.9 Å². The fourth-order valence-electron chi connectivity index (χ4n) is 3.61. The van der Waals surface area contributed by atoms with Gasteiger partial charge in [0.25, 0.3) is 0 Å². The van der Waals surface area contributed by atoms with E-state index in [1.165, 1.54) is 18.0 Å². The van der Waals surface area contributed by atoms with Crippen molar-refractivity contribution in [3.05, 3.63) is 42.1 Å². The third kappa shape index (κ3) is 3.13. The van der Waals surface area contributed by atoms with Crippen molar-refractivity contribution in [3.8, 4) is 17.4 Å². The molecular weight excluding hydrogens is 356 g/mol. The summed E-state index contributed by atoms with van der Waals surface area (Å²) in [6, 6.07) is 9.18. The van der Waals surface area contributed by atoms with E-state index in [9.17, 15) is 9.59 Å². The van der Waals surface area contributed by atoms with Crippen molar-refractivity contribution in [1.29, 1.82) is 0 Å². The van der Waals surface area contributed by atoms with E-state index in [0.29, 0.717) is 24.6 Å². The van der Waals surface area contributed by atoms with Crippen LogP contribution < -0.4 is 14.4 Å². The van der Waals surface area contributed by atoms with E-state index in [-0.39, 0.29) is 23.1 Å². The maximum Gasteiger partial charge on any atom is 0.236 e. The number of rotatable bonds is 5. The van der Waals surface area contributed by atoms with Crippen molar-refractivity contribution in [2.24, 2.45) is 5.92 Å². The minimum atomic E-state index is -0.325. The van der Waals surface area contributed by atoms with Gasteiger partial charge in [-0.05, 0) is 37.5 Å². The zero-order chi connectivity index (χ0) is 19.9. The summed E-state index contributed by atoms with van der Waals surface area (Å²) >= 11 is 0. The van der Waals surface area contributed by atoms with E-state index in [1.807, 2.05) is 32.0 Å². The predicted molar refractivity (Wildman–Crippen MR) is 105 cm³/mol. The smallest absolute Gasteiger partial charge is 0.236 e. The Morgan fingerprint density at radius 2 is 2.07 bits per heavy atom. The number of imide groups is 1. The fraction of sp³-hybridized carbons (Fsp3) is 0.409. The summed E-state index contributed by atoms with van der Waals surface area (Å²) in [5.41, 5.74) is 1.67. The number of anilines is 1. The Labute approximate surface area is 164 Å². The lowest BCUT2D eigenvalue weighted by Gasteiger charge is -2.22. The molecule has 6 heteroatoms. The number of carbonyl (C=O) groups excluding carboxylic acids is 2. The average molecular weight is 380 g/mol. The summed E-state index contributed by atoms with van der Waals surface area (Å²) in [6.45, 7) is 5.83. The Morgan fingerprint density at radius 3 is 2.68 bits per heavy atom. The van der Waals surface area contributed by atoms with Crippen LogP contribution in [0.3, 0.4) is 0 Å². The summed E-state index contributed by atoms with van der Waals surface area (Å²) in [5, 5.41) is 0. The summed E-state index contributed by atoms with van der Waals surface area (Å²) in [7, 11) is 0. The molecule has 2 amide bonds. The Bertz CT molecular complexity index is 919. The van der Waals surface area contributed by atoms with Gasteiger partial charge in [0.05, 0.1) is 18.5 Å². The largest absolute Gasteiger partial charge is 0.492 e. The first kappa shape index (κ1) is 18.5. The van der Waals surface area contributed by atoms with Crippen LogP contribution in [0.15, 0.2) is 36.5 Å². The second-order valence-corrected chi connectivity index (χ2v) is 7.66. The summed E-state index contributed by atoms with van der Waals surface area (Å²) in [5.74, 6) is 1.27. The van der Waals surface area contributed by atoms with Crippen LogP contribution in [-0.2, 0) is 15.0 Å². The maximum absolute atomic E-state index is 12.5. The van der Waals surface area contributed by atoms with Crippen molar-refractivity contribution in [2.45, 2.75) is 45.4 Å². The Hall–Kier alpha value is -2.89. The molecule has 1 spiro atoms. The second-order valence-electron chi connectivity index (χ2n) is 7.66. The zero-order valence-corrected chi connectivity index (χ0v) is 16.4. The van der Waals surface area contributed by atoms with Crippen molar-refractivity contribution in [2.75, 3.05) is 11.5 Å². The van der Waals surface area contributed by atoms with Crippen LogP contribution in [-0.4, -0.2) is 23.4 Å². The van der Waals surface area contributed by atoms with E-state index >= 15 is 0 Å². The lowest BCUT2D eigenvalue weighted by Crippen LogP contribution is -2.38. The molecule has 1 aliphatic carbocycles. The molecule has 2 aliphatic rings. The van der Waals surface area contributed by atoms with E-state index in [0.717, 1.165) is 29.9 Å². The van der Waals surface area contributed by atoms with Gasteiger partial charge in [-0.15, -0.1) is 0 Å². The number of nitrogens with zero attached hydrogens (tertiary/aromatic N) is 2. The van der Waals surface area contributed by atoms with Gasteiger partial charge >= 0.3 is 0 Å². The van der Waals surface area contributed by atoms with Gasteiger partial charge in [-0.3, -0.25) is 9.59 Å². The van der Waals surface area contributed by atoms with Crippen LogP contribution in [0, 0.1) is 5.92 Å². The van der Waals surface area contributed by atoms with Crippen molar-refractivity contribution in [1.82, 2.24) is 4.98 Å². The van der Waals surface area contributed by atoms with Gasteiger partial charge in [0.2, 0.25) is 17.7 Å². The molecule has 6 nitrogen and oxygen atoms in total. The van der Waals surface area contributed by atoms with E-state index < -0.39 is 0 Å². The highest BCUT2D eigenvalue weighted by molar-refractivity contribution is 6.14. The first-order chi connectivity index (χ1) is 13.4. The normalized spacial score (nSPS) is 16.8. The molecule has 0 bridgehead atoms. The minimum absolute atomic E-state index is 0.0972. The SMILES string of the molecule is CC[C@@H](C)C(=O)N(C(C)=O)c1ccc(Oc2cccc3c2C2(CC2)CO3)nc1. The Kier molecular flexibility index (Phi) is 4.57. The highest BCUT2D eigenvalue weighted by Crippen LogP contribution is 2.58. The van der Waals surface area contributed by atoms with Crippen molar-refractivity contribution < 1.29 is 19.1 Å². The van der Waals surface area contributed by atoms with Crippen LogP contribution in [0.5, 0.6) is 17.4 Å². The number of pyridine rings is 1. The van der Waals surface area contributed by atoms with Gasteiger partial charge < -0.3 is 9.47 Å². The monoisotopic (exact) mass is 380 g/mol. The second kappa shape index (κ2) is 6.93. The summed E-state index contributed by atoms with van der Waals surface area (Å²) in [6.07, 6.45) is 4.39. The third-order valence-corrected chi connectivity index (χ3v) is 5.64. The molecule has 28 heavy (non-hydrogen) atoms. The number of amides is 2. The standard InChI is InChI=1S/C22H24N2O4/c1-4-14(2)21(26)24(15(3)25)16-8-9-19(23-12-16)28-18-7-5-6-17-20(18)22(10-11-22)13-27-17/h5-9,12,14H,4,10-11,13H2,1-3H3/t14-/m1/s1. The van der Waals surface area contributed by atoms with Crippen LogP contribution >= 0.6 is 0 Å². The highest BCUT2D eigenvalue weighted by atomic mass is 16.5. The average Bonchev–Trinajstić information content (AvgIpc) is 3.37. The van der Waals surface area contributed by atoms with Gasteiger partial charge in [0.15, 0.2) is 0 Å². The van der Waals surface area contributed by atoms with Crippen LogP contribution in [0.25, 0.3) is 0 Å². The Balaban J connectivity index is 1.57. The van der Waals surface area contributed by atoms with Crippen LogP contribution in [0.1, 0.15) is 45.6 Å². The molecule has 0 N–H and O–H groups in total. The number of fused-ring (bicyclic) bond motifs is 2. The van der Waals surface area contributed by atoms with Crippen LogP contribution in [0.2, 0.25) is 0 Å². The molecule has 1 aromatic heterocycles. The van der Waals surface area contributed by atoms with Gasteiger partial charge in [0.1, 0.15) is 11.5 Å². The molecule has 1 atom stereocenters. The van der Waals surface area contributed by atoms with Crippen molar-refractivity contribution in [3.63, 3.8) is 0 Å². The first-order valence-corrected chi connectivity index (χ1v) is 9.70. The molecule has 4 rings (SSSR count). The number of carbonyl (C=O) groups is 2. The van der Waals surface area contributed by atoms with Gasteiger partial charge in [-0.2, -0.15) is 0 Å². The molecule has 0 unspecified atom stereocenters. The number of hydrogen-bond donors (Lipinski definition) is 0. The number of hydrogen-bond acceptors (Lipinski definition) is 5. The van der Waals surface area contributed by atoms with Crippen molar-refractivity contribution >= 4 is 17.5 Å². The molecule has 0 saturated heterocycles. The highest BCUT2D eigenvalue weighted by Gasteiger charge is 2.52. The topological polar surface area (TPSA) is 68.7 Å². The molecule has 1 aromatic carbocycles. The zero-order valence-electron chi connectivity index (χ0n) is 16.4. The third-order valence-electron chi connectivity index (χ3n) is 5.64. The molecule has 0 radical (unpaired) electrons. The summed E-state index contributed by atoms with van der Waals surface area (Å²) < 4.78 is 11.9. The maximum atomic E-state index is 12.5. The lowest BCUT2D eigenvalue weighted by molar-refractivity contribution is -0.127. The minimum Gasteiger partial charge on any atom is -0.492 e. The lowest BCUT2D eigenvalue weighted by atomic mass is 9.97. The first-order valence-electron chi connectivity index (χ1n) is 9.70. The molecule has 2 aromatic rings. The van der Waals surface area contributed by atoms with E-state index in [4.69, 9.17) is 9.47 Å². The summed E-state index contributed by atoms with van der Waals surface area (Å²) in [4.78, 5) is 30.1. The molecular formula is C22H24N2O4.